The molecule has 0 aromatic heterocycles. The van der Waals surface area contributed by atoms with Gasteiger partial charge in [0.1, 0.15) is 4.90 Å². The van der Waals surface area contributed by atoms with E-state index in [0.29, 0.717) is 6.07 Å². The van der Waals surface area contributed by atoms with Gasteiger partial charge in [0.25, 0.3) is 25.9 Å². The van der Waals surface area contributed by atoms with Gasteiger partial charge >= 0.3 is 0 Å². The Labute approximate surface area is 118 Å². The first-order valence-electron chi connectivity index (χ1n) is 5.17. The van der Waals surface area contributed by atoms with Crippen LogP contribution in [0.15, 0.2) is 40.1 Å². The minimum atomic E-state index is -4.66. The number of hydrogen-bond acceptors (Lipinski definition) is 6. The van der Waals surface area contributed by atoms with Gasteiger partial charge in [-0.3, -0.25) is 19.2 Å². The fourth-order valence-electron chi connectivity index (χ4n) is 1.75. The number of fused-ring (bicyclic) bond motifs is 1. The van der Waals surface area contributed by atoms with Gasteiger partial charge in [0, 0.05) is 6.07 Å². The Morgan fingerprint density at radius 3 is 1.95 bits per heavy atom. The third-order valence-electron chi connectivity index (χ3n) is 2.67. The average Bonchev–Trinajstić information content (AvgIpc) is 2.34. The highest BCUT2D eigenvalue weighted by Gasteiger charge is 2.21. The molecular weight excluding hydrogens is 326 g/mol. The quantitative estimate of drug-likeness (QED) is 0.483. The van der Waals surface area contributed by atoms with Gasteiger partial charge in [0.15, 0.2) is 0 Å². The lowest BCUT2D eigenvalue weighted by Gasteiger charge is -2.04. The van der Waals surface area contributed by atoms with Crippen LogP contribution in [-0.2, 0) is 20.2 Å². The molecule has 0 bridgehead atoms. The predicted octanol–water partition coefficient (Wildman–Crippen LogP) is 1.24. The molecule has 2 aromatic rings. The van der Waals surface area contributed by atoms with E-state index in [0.717, 1.165) is 24.3 Å². The normalized spacial score (nSPS) is 12.5. The van der Waals surface area contributed by atoms with Crippen molar-refractivity contribution in [3.8, 4) is 0 Å². The number of hydrogen-bond donors (Lipinski definition) is 2. The summed E-state index contributed by atoms with van der Waals surface area (Å²) in [7, 11) is -9.23. The Bertz CT molecular complexity index is 962. The highest BCUT2D eigenvalue weighted by atomic mass is 32.2. The van der Waals surface area contributed by atoms with Crippen molar-refractivity contribution in [2.75, 3.05) is 0 Å². The maximum Gasteiger partial charge on any atom is 0.294 e. The van der Waals surface area contributed by atoms with Crippen LogP contribution < -0.4 is 0 Å². The number of non-ortho nitro benzene ring substituents is 1. The van der Waals surface area contributed by atoms with Gasteiger partial charge in [0.2, 0.25) is 0 Å². The molecule has 0 spiro atoms. The van der Waals surface area contributed by atoms with E-state index in [1.54, 1.807) is 0 Å². The van der Waals surface area contributed by atoms with E-state index in [-0.39, 0.29) is 10.8 Å². The third kappa shape index (κ3) is 3.00. The van der Waals surface area contributed by atoms with Crippen LogP contribution in [0.25, 0.3) is 10.8 Å². The third-order valence-corrected chi connectivity index (χ3v) is 4.35. The molecule has 11 heteroatoms. The molecule has 112 valence electrons. The average molecular weight is 333 g/mol. The SMILES string of the molecule is O=[N+]([O-])c1cc(S(=O)(=O)O)cc2ccc(S(=O)(=O)O)cc12. The zero-order valence-corrected chi connectivity index (χ0v) is 11.6. The standard InChI is InChI=1S/C10H7NO8S2/c12-11(13)10-5-8(21(17,18)19)3-6-1-2-7(4-9(6)10)20(14,15)16/h1-5H,(H,14,15,16)(H,17,18,19). The van der Waals surface area contributed by atoms with Gasteiger partial charge in [-0.05, 0) is 23.6 Å². The lowest BCUT2D eigenvalue weighted by Crippen LogP contribution is -2.02. The second kappa shape index (κ2) is 4.73. The van der Waals surface area contributed by atoms with Crippen molar-refractivity contribution >= 4 is 36.7 Å². The largest absolute Gasteiger partial charge is 0.294 e. The second-order valence-corrected chi connectivity index (χ2v) is 6.88. The van der Waals surface area contributed by atoms with Crippen LogP contribution in [0, 0.1) is 10.1 Å². The van der Waals surface area contributed by atoms with E-state index in [9.17, 15) is 26.9 Å². The molecule has 21 heavy (non-hydrogen) atoms. The van der Waals surface area contributed by atoms with Gasteiger partial charge in [-0.2, -0.15) is 16.8 Å². The predicted molar refractivity (Wildman–Crippen MR) is 70.2 cm³/mol. The molecule has 0 amide bonds. The molecule has 0 aliphatic rings. The Morgan fingerprint density at radius 1 is 0.905 bits per heavy atom. The minimum Gasteiger partial charge on any atom is -0.282 e. The van der Waals surface area contributed by atoms with Crippen molar-refractivity contribution in [2.45, 2.75) is 9.79 Å². The fraction of sp³-hybridized carbons (Fsp3) is 0. The summed E-state index contributed by atoms with van der Waals surface area (Å²) in [5.74, 6) is 0. The molecule has 0 unspecified atom stereocenters. The maximum atomic E-state index is 11.1. The molecule has 0 fully saturated rings. The molecular formula is C10H7NO8S2. The molecule has 0 radical (unpaired) electrons. The number of nitrogens with zero attached hydrogens (tertiary/aromatic N) is 1. The highest BCUT2D eigenvalue weighted by Crippen LogP contribution is 2.31. The van der Waals surface area contributed by atoms with Crippen molar-refractivity contribution in [1.29, 1.82) is 0 Å². The van der Waals surface area contributed by atoms with E-state index in [4.69, 9.17) is 9.11 Å². The molecule has 0 aliphatic carbocycles. The minimum absolute atomic E-state index is 0.0178. The molecule has 0 atom stereocenters. The first kappa shape index (κ1) is 15.3. The lowest BCUT2D eigenvalue weighted by atomic mass is 10.1. The summed E-state index contributed by atoms with van der Waals surface area (Å²) in [5.41, 5.74) is -0.717. The summed E-state index contributed by atoms with van der Waals surface area (Å²) >= 11 is 0. The molecule has 0 heterocycles. The van der Waals surface area contributed by atoms with E-state index in [1.807, 2.05) is 0 Å². The van der Waals surface area contributed by atoms with Gasteiger partial charge in [0.05, 0.1) is 15.2 Å². The molecule has 0 aliphatic heterocycles. The van der Waals surface area contributed by atoms with E-state index >= 15 is 0 Å². The molecule has 9 nitrogen and oxygen atoms in total. The topological polar surface area (TPSA) is 152 Å². The number of nitro benzene ring substituents is 1. The van der Waals surface area contributed by atoms with Crippen molar-refractivity contribution in [1.82, 2.24) is 0 Å². The van der Waals surface area contributed by atoms with Gasteiger partial charge in [-0.15, -0.1) is 0 Å². The van der Waals surface area contributed by atoms with Gasteiger partial charge < -0.3 is 0 Å². The number of rotatable bonds is 3. The van der Waals surface area contributed by atoms with Crippen LogP contribution in [-0.4, -0.2) is 30.9 Å². The second-order valence-electron chi connectivity index (χ2n) is 4.03. The fourth-order valence-corrected chi connectivity index (χ4v) is 2.79. The first-order chi connectivity index (χ1) is 9.50. The summed E-state index contributed by atoms with van der Waals surface area (Å²) in [6, 6.07) is 4.43. The lowest BCUT2D eigenvalue weighted by molar-refractivity contribution is -0.383. The van der Waals surface area contributed by atoms with Crippen molar-refractivity contribution < 1.29 is 30.9 Å². The molecule has 2 rings (SSSR count). The Hall–Kier alpha value is -2.08. The summed E-state index contributed by atoms with van der Waals surface area (Å²) in [6.07, 6.45) is 0. The van der Waals surface area contributed by atoms with Gasteiger partial charge in [-0.25, -0.2) is 0 Å². The van der Waals surface area contributed by atoms with Crippen LogP contribution in [0.2, 0.25) is 0 Å². The van der Waals surface area contributed by atoms with E-state index in [2.05, 4.69) is 0 Å². The van der Waals surface area contributed by atoms with Crippen LogP contribution in [0.1, 0.15) is 0 Å². The maximum absolute atomic E-state index is 11.1. The van der Waals surface area contributed by atoms with Crippen molar-refractivity contribution in [2.24, 2.45) is 0 Å². The summed E-state index contributed by atoms with van der Waals surface area (Å²) in [5, 5.41) is 10.8. The number of benzene rings is 2. The summed E-state index contributed by atoms with van der Waals surface area (Å²) in [4.78, 5) is 8.78. The van der Waals surface area contributed by atoms with E-state index < -0.39 is 40.6 Å². The van der Waals surface area contributed by atoms with Crippen LogP contribution in [0.4, 0.5) is 5.69 Å². The zero-order valence-electron chi connectivity index (χ0n) is 9.99. The van der Waals surface area contributed by atoms with Gasteiger partial charge in [-0.1, -0.05) is 6.07 Å². The smallest absolute Gasteiger partial charge is 0.282 e. The van der Waals surface area contributed by atoms with Crippen molar-refractivity contribution in [3.63, 3.8) is 0 Å². The van der Waals surface area contributed by atoms with Crippen LogP contribution in [0.5, 0.6) is 0 Å². The Balaban J connectivity index is 2.93. The first-order valence-corrected chi connectivity index (χ1v) is 8.05. The molecule has 2 aromatic carbocycles. The Morgan fingerprint density at radius 2 is 1.48 bits per heavy atom. The van der Waals surface area contributed by atoms with Crippen molar-refractivity contribution in [3.05, 3.63) is 40.4 Å². The molecule has 0 saturated carbocycles. The monoisotopic (exact) mass is 333 g/mol. The molecule has 2 N–H and O–H groups in total. The van der Waals surface area contributed by atoms with E-state index in [1.165, 1.54) is 0 Å². The summed E-state index contributed by atoms with van der Waals surface area (Å²) < 4.78 is 62.1. The van der Waals surface area contributed by atoms with Crippen LogP contribution >= 0.6 is 0 Å². The zero-order chi connectivity index (χ0) is 16.0. The molecule has 0 saturated heterocycles. The summed E-state index contributed by atoms with van der Waals surface area (Å²) in [6.45, 7) is 0. The Kier molecular flexibility index (Phi) is 3.45. The highest BCUT2D eigenvalue weighted by molar-refractivity contribution is 7.86. The number of nitro groups is 1. The van der Waals surface area contributed by atoms with Crippen LogP contribution in [0.3, 0.4) is 0 Å².